The van der Waals surface area contributed by atoms with Crippen molar-refractivity contribution in [2.45, 2.75) is 59.2 Å². The maximum atomic E-state index is 11.8. The SMILES string of the molecule is CCc1ccc(-c2coc3ncnc(OC[C@H](C)OCCC(=O)OC(C)(C)C)c23)cc1. The van der Waals surface area contributed by atoms with Crippen LogP contribution in [0.2, 0.25) is 0 Å². The van der Waals surface area contributed by atoms with Gasteiger partial charge in [-0.15, -0.1) is 0 Å². The molecule has 2 aromatic heterocycles. The zero-order valence-corrected chi connectivity index (χ0v) is 18.8. The van der Waals surface area contributed by atoms with E-state index < -0.39 is 5.60 Å². The van der Waals surface area contributed by atoms with Crippen molar-refractivity contribution in [3.63, 3.8) is 0 Å². The maximum Gasteiger partial charge on any atom is 0.308 e. The Morgan fingerprint density at radius 2 is 1.90 bits per heavy atom. The number of fused-ring (bicyclic) bond motifs is 1. The van der Waals surface area contributed by atoms with Gasteiger partial charge in [-0.05, 0) is 45.2 Å². The van der Waals surface area contributed by atoms with E-state index in [1.54, 1.807) is 6.26 Å². The van der Waals surface area contributed by atoms with Crippen molar-refractivity contribution in [2.75, 3.05) is 13.2 Å². The van der Waals surface area contributed by atoms with Crippen LogP contribution in [0.15, 0.2) is 41.3 Å². The number of aryl methyl sites for hydroxylation is 1. The first-order valence-corrected chi connectivity index (χ1v) is 10.5. The largest absolute Gasteiger partial charge is 0.474 e. The van der Waals surface area contributed by atoms with E-state index in [1.807, 2.05) is 27.7 Å². The molecule has 0 amide bonds. The molecule has 0 spiro atoms. The van der Waals surface area contributed by atoms with Crippen molar-refractivity contribution < 1.29 is 23.4 Å². The fourth-order valence-electron chi connectivity index (χ4n) is 3.07. The Morgan fingerprint density at radius 3 is 2.58 bits per heavy atom. The molecule has 0 saturated heterocycles. The highest BCUT2D eigenvalue weighted by Crippen LogP contribution is 2.34. The van der Waals surface area contributed by atoms with Gasteiger partial charge >= 0.3 is 5.97 Å². The van der Waals surface area contributed by atoms with Crippen LogP contribution in [0.1, 0.15) is 46.6 Å². The van der Waals surface area contributed by atoms with Crippen molar-refractivity contribution in [3.8, 4) is 17.0 Å². The van der Waals surface area contributed by atoms with Gasteiger partial charge in [0.2, 0.25) is 11.6 Å². The molecule has 0 unspecified atom stereocenters. The van der Waals surface area contributed by atoms with Gasteiger partial charge in [-0.25, -0.2) is 9.97 Å². The van der Waals surface area contributed by atoms with Crippen molar-refractivity contribution in [3.05, 3.63) is 42.4 Å². The first-order chi connectivity index (χ1) is 14.8. The summed E-state index contributed by atoms with van der Waals surface area (Å²) >= 11 is 0. The van der Waals surface area contributed by atoms with E-state index >= 15 is 0 Å². The minimum atomic E-state index is -0.497. The van der Waals surface area contributed by atoms with Gasteiger partial charge in [-0.2, -0.15) is 0 Å². The van der Waals surface area contributed by atoms with E-state index in [2.05, 4.69) is 41.2 Å². The van der Waals surface area contributed by atoms with Crippen LogP contribution in [0, 0.1) is 0 Å². The molecule has 1 atom stereocenters. The molecule has 3 rings (SSSR count). The number of esters is 1. The number of carbonyl (C=O) groups excluding carboxylic acids is 1. The molecule has 7 nitrogen and oxygen atoms in total. The fourth-order valence-corrected chi connectivity index (χ4v) is 3.07. The summed E-state index contributed by atoms with van der Waals surface area (Å²) in [6, 6.07) is 8.31. The molecule has 0 aliphatic carbocycles. The van der Waals surface area contributed by atoms with Crippen molar-refractivity contribution in [1.29, 1.82) is 0 Å². The van der Waals surface area contributed by atoms with Crippen LogP contribution in [0.4, 0.5) is 0 Å². The number of ether oxygens (including phenoxy) is 3. The second-order valence-electron chi connectivity index (χ2n) is 8.39. The molecule has 0 aliphatic rings. The molecular formula is C24H30N2O5. The average molecular weight is 427 g/mol. The number of carbonyl (C=O) groups is 1. The summed E-state index contributed by atoms with van der Waals surface area (Å²) < 4.78 is 22.5. The lowest BCUT2D eigenvalue weighted by Crippen LogP contribution is -2.25. The van der Waals surface area contributed by atoms with Crippen LogP contribution in [-0.2, 0) is 20.7 Å². The van der Waals surface area contributed by atoms with Crippen LogP contribution >= 0.6 is 0 Å². The standard InChI is InChI=1S/C24H30N2O5/c1-6-17-7-9-18(10-8-17)19-14-30-23-21(19)22(25-15-26-23)29-13-16(2)28-12-11-20(27)31-24(3,4)5/h7-10,14-16H,6,11-13H2,1-5H3/t16-/m0/s1. The van der Waals surface area contributed by atoms with Gasteiger partial charge in [-0.3, -0.25) is 4.79 Å². The molecular weight excluding hydrogens is 396 g/mol. The first kappa shape index (κ1) is 22.7. The molecule has 2 heterocycles. The molecule has 0 aliphatic heterocycles. The topological polar surface area (TPSA) is 83.7 Å². The van der Waals surface area contributed by atoms with Crippen molar-refractivity contribution >= 4 is 17.1 Å². The summed E-state index contributed by atoms with van der Waals surface area (Å²) in [5.74, 6) is 0.158. The van der Waals surface area contributed by atoms with Crippen molar-refractivity contribution in [1.82, 2.24) is 9.97 Å². The van der Waals surface area contributed by atoms with E-state index in [-0.39, 0.29) is 31.7 Å². The lowest BCUT2D eigenvalue weighted by Gasteiger charge is -2.20. The Labute approximate surface area is 182 Å². The molecule has 7 heteroatoms. The third-order valence-corrected chi connectivity index (χ3v) is 4.59. The summed E-state index contributed by atoms with van der Waals surface area (Å²) in [4.78, 5) is 20.3. The minimum Gasteiger partial charge on any atom is -0.474 e. The maximum absolute atomic E-state index is 11.8. The van der Waals surface area contributed by atoms with Crippen LogP contribution in [0.3, 0.4) is 0 Å². The fraction of sp³-hybridized carbons (Fsp3) is 0.458. The summed E-state index contributed by atoms with van der Waals surface area (Å²) in [5, 5.41) is 0.729. The number of benzene rings is 1. The second-order valence-corrected chi connectivity index (χ2v) is 8.39. The van der Waals surface area contributed by atoms with Crippen molar-refractivity contribution in [2.24, 2.45) is 0 Å². The number of hydrogen-bond acceptors (Lipinski definition) is 7. The summed E-state index contributed by atoms with van der Waals surface area (Å²) in [7, 11) is 0. The lowest BCUT2D eigenvalue weighted by atomic mass is 10.0. The third-order valence-electron chi connectivity index (χ3n) is 4.59. The molecule has 0 bridgehead atoms. The molecule has 0 saturated carbocycles. The summed E-state index contributed by atoms with van der Waals surface area (Å²) in [6.45, 7) is 10.1. The van der Waals surface area contributed by atoms with Crippen LogP contribution in [0.5, 0.6) is 5.88 Å². The van der Waals surface area contributed by atoms with E-state index in [0.717, 1.165) is 22.9 Å². The van der Waals surface area contributed by atoms with E-state index in [0.29, 0.717) is 11.6 Å². The van der Waals surface area contributed by atoms with E-state index in [1.165, 1.54) is 11.9 Å². The Bertz CT molecular complexity index is 1000. The summed E-state index contributed by atoms with van der Waals surface area (Å²) in [5.41, 5.74) is 3.13. The Hall–Kier alpha value is -2.93. The minimum absolute atomic E-state index is 0.193. The zero-order chi connectivity index (χ0) is 22.4. The van der Waals surface area contributed by atoms with Gasteiger partial charge in [0, 0.05) is 5.56 Å². The predicted octanol–water partition coefficient (Wildman–Crippen LogP) is 4.97. The second kappa shape index (κ2) is 9.92. The number of nitrogens with zero attached hydrogens (tertiary/aromatic N) is 2. The molecule has 0 radical (unpaired) electrons. The molecule has 1 aromatic carbocycles. The Balaban J connectivity index is 1.62. The Kier molecular flexibility index (Phi) is 7.28. The lowest BCUT2D eigenvalue weighted by molar-refractivity contribution is -0.156. The number of rotatable bonds is 9. The first-order valence-electron chi connectivity index (χ1n) is 10.5. The third kappa shape index (κ3) is 6.28. The van der Waals surface area contributed by atoms with Gasteiger partial charge in [0.25, 0.3) is 0 Å². The van der Waals surface area contributed by atoms with Gasteiger partial charge < -0.3 is 18.6 Å². The van der Waals surface area contributed by atoms with Gasteiger partial charge in [-0.1, -0.05) is 31.2 Å². The number of hydrogen-bond donors (Lipinski definition) is 0. The highest BCUT2D eigenvalue weighted by atomic mass is 16.6. The smallest absolute Gasteiger partial charge is 0.308 e. The molecule has 166 valence electrons. The quantitative estimate of drug-likeness (QED) is 0.447. The zero-order valence-electron chi connectivity index (χ0n) is 18.8. The number of furan rings is 1. The predicted molar refractivity (Wildman–Crippen MR) is 118 cm³/mol. The highest BCUT2D eigenvalue weighted by molar-refractivity contribution is 5.95. The van der Waals surface area contributed by atoms with Crippen LogP contribution < -0.4 is 4.74 Å². The molecule has 0 fully saturated rings. The average Bonchev–Trinajstić information content (AvgIpc) is 3.16. The number of aromatic nitrogens is 2. The van der Waals surface area contributed by atoms with E-state index in [9.17, 15) is 4.79 Å². The normalized spacial score (nSPS) is 12.7. The van der Waals surface area contributed by atoms with E-state index in [4.69, 9.17) is 18.6 Å². The molecule has 3 aromatic rings. The monoisotopic (exact) mass is 426 g/mol. The van der Waals surface area contributed by atoms with Crippen LogP contribution in [0.25, 0.3) is 22.2 Å². The van der Waals surface area contributed by atoms with Crippen LogP contribution in [-0.4, -0.2) is 40.9 Å². The highest BCUT2D eigenvalue weighted by Gasteiger charge is 2.18. The Morgan fingerprint density at radius 1 is 1.16 bits per heavy atom. The van der Waals surface area contributed by atoms with Gasteiger partial charge in [0.05, 0.1) is 19.1 Å². The van der Waals surface area contributed by atoms with Gasteiger partial charge in [0.1, 0.15) is 30.2 Å². The summed E-state index contributed by atoms with van der Waals surface area (Å²) in [6.07, 6.45) is 4.04. The van der Waals surface area contributed by atoms with Gasteiger partial charge in [0.15, 0.2) is 0 Å². The molecule has 0 N–H and O–H groups in total. The molecule has 31 heavy (non-hydrogen) atoms.